The molecule has 4 rings (SSSR count). The molecule has 0 bridgehead atoms. The van der Waals surface area contributed by atoms with E-state index in [1.165, 1.54) is 62.8 Å². The molecule has 1 aliphatic heterocycles. The zero-order chi connectivity index (χ0) is 26.3. The summed E-state index contributed by atoms with van der Waals surface area (Å²) in [6.45, 7) is 0. The molecule has 1 saturated heterocycles. The number of benzene rings is 3. The van der Waals surface area contributed by atoms with Crippen molar-refractivity contribution in [3.63, 3.8) is 0 Å². The second-order valence-corrected chi connectivity index (χ2v) is 9.21. The molecular weight excluding hydrogens is 555 g/mol. The predicted molar refractivity (Wildman–Crippen MR) is 137 cm³/mol. The van der Waals surface area contributed by atoms with E-state index in [1.807, 2.05) is 0 Å². The maximum absolute atomic E-state index is 13.7. The summed E-state index contributed by atoms with van der Waals surface area (Å²) in [4.78, 5) is 27.7. The highest BCUT2D eigenvalue weighted by atomic mass is 35.5. The van der Waals surface area contributed by atoms with Crippen molar-refractivity contribution in [1.29, 1.82) is 0 Å². The minimum atomic E-state index is -1.16. The number of carbonyl (C=O) groups is 2. The first-order valence-corrected chi connectivity index (χ1v) is 11.7. The Balaban J connectivity index is 2.02. The molecule has 11 heteroatoms. The van der Waals surface area contributed by atoms with Crippen LogP contribution in [0.1, 0.15) is 17.2 Å². The molecule has 6 nitrogen and oxygen atoms in total. The molecule has 1 amide bonds. The Morgan fingerprint density at radius 1 is 0.889 bits per heavy atom. The second kappa shape index (κ2) is 10.2. The lowest BCUT2D eigenvalue weighted by molar-refractivity contribution is -0.132. The van der Waals surface area contributed by atoms with Gasteiger partial charge in [0, 0.05) is 5.69 Å². The van der Waals surface area contributed by atoms with Crippen LogP contribution in [0.15, 0.2) is 54.1 Å². The number of amides is 1. The van der Waals surface area contributed by atoms with E-state index in [-0.39, 0.29) is 48.4 Å². The number of ether oxygens (including phenoxy) is 2. The first-order chi connectivity index (χ1) is 17.1. The highest BCUT2D eigenvalue weighted by Gasteiger charge is 2.47. The van der Waals surface area contributed by atoms with E-state index >= 15 is 0 Å². The Bertz CT molecular complexity index is 1420. The van der Waals surface area contributed by atoms with Gasteiger partial charge < -0.3 is 14.6 Å². The minimum Gasteiger partial charge on any atom is -0.507 e. The Morgan fingerprint density at radius 2 is 1.53 bits per heavy atom. The van der Waals surface area contributed by atoms with Crippen LogP contribution in [0.25, 0.3) is 5.76 Å². The van der Waals surface area contributed by atoms with Crippen LogP contribution in [-0.4, -0.2) is 31.0 Å². The summed E-state index contributed by atoms with van der Waals surface area (Å²) in [5.74, 6) is -3.02. The van der Waals surface area contributed by atoms with Crippen molar-refractivity contribution < 1.29 is 28.6 Å². The van der Waals surface area contributed by atoms with Crippen molar-refractivity contribution in [1.82, 2.24) is 0 Å². The number of ketones is 1. The lowest BCUT2D eigenvalue weighted by atomic mass is 9.94. The summed E-state index contributed by atoms with van der Waals surface area (Å²) >= 11 is 24.8. The molecule has 36 heavy (non-hydrogen) atoms. The lowest BCUT2D eigenvalue weighted by Gasteiger charge is -2.26. The van der Waals surface area contributed by atoms with Gasteiger partial charge in [0.1, 0.15) is 16.6 Å². The zero-order valence-corrected chi connectivity index (χ0v) is 21.6. The summed E-state index contributed by atoms with van der Waals surface area (Å²) in [7, 11) is 2.65. The number of aliphatic hydroxyl groups excluding tert-OH is 1. The van der Waals surface area contributed by atoms with Crippen molar-refractivity contribution in [2.75, 3.05) is 19.1 Å². The van der Waals surface area contributed by atoms with Crippen LogP contribution in [0.3, 0.4) is 0 Å². The number of anilines is 1. The Labute approximate surface area is 225 Å². The van der Waals surface area contributed by atoms with Crippen LogP contribution >= 0.6 is 46.4 Å². The van der Waals surface area contributed by atoms with Gasteiger partial charge >= 0.3 is 0 Å². The SMILES string of the molecule is COc1c(Cl)cc(/C(O)=C2\C(=O)C(=O)N(c3ccc(Cl)c(Cl)c3)C2c2ccc(F)cc2)c(OC)c1Cl. The average molecular weight is 571 g/mol. The number of hydrogen-bond acceptors (Lipinski definition) is 5. The Hall–Kier alpha value is -2.97. The largest absolute Gasteiger partial charge is 0.507 e. The van der Waals surface area contributed by atoms with Crippen molar-refractivity contribution in [3.05, 3.63) is 91.1 Å². The van der Waals surface area contributed by atoms with Gasteiger partial charge in [-0.1, -0.05) is 58.5 Å². The molecule has 1 N–H and O–H groups in total. The third-order valence-electron chi connectivity index (χ3n) is 5.61. The molecule has 3 aromatic rings. The minimum absolute atomic E-state index is 0.0295. The van der Waals surface area contributed by atoms with Gasteiger partial charge in [0.15, 0.2) is 11.5 Å². The van der Waals surface area contributed by atoms with Gasteiger partial charge in [0.05, 0.1) is 46.5 Å². The molecule has 0 saturated carbocycles. The van der Waals surface area contributed by atoms with Crippen molar-refractivity contribution in [3.8, 4) is 11.5 Å². The zero-order valence-electron chi connectivity index (χ0n) is 18.6. The van der Waals surface area contributed by atoms with Crippen LogP contribution in [-0.2, 0) is 9.59 Å². The number of methoxy groups -OCH3 is 2. The van der Waals surface area contributed by atoms with E-state index in [0.29, 0.717) is 5.56 Å². The van der Waals surface area contributed by atoms with E-state index in [1.54, 1.807) is 0 Å². The number of aliphatic hydroxyl groups is 1. The number of rotatable bonds is 5. The molecule has 1 heterocycles. The monoisotopic (exact) mass is 569 g/mol. The lowest BCUT2D eigenvalue weighted by Crippen LogP contribution is -2.29. The molecule has 0 spiro atoms. The number of nitrogens with zero attached hydrogens (tertiary/aromatic N) is 1. The Kier molecular flexibility index (Phi) is 7.38. The number of carbonyl (C=O) groups excluding carboxylic acids is 2. The first kappa shape index (κ1) is 26.1. The summed E-state index contributed by atoms with van der Waals surface area (Å²) < 4.78 is 24.3. The van der Waals surface area contributed by atoms with E-state index in [4.69, 9.17) is 55.9 Å². The highest BCUT2D eigenvalue weighted by Crippen LogP contribution is 2.48. The van der Waals surface area contributed by atoms with Gasteiger partial charge in [-0.25, -0.2) is 4.39 Å². The summed E-state index contributed by atoms with van der Waals surface area (Å²) in [5, 5.41) is 11.8. The molecule has 1 unspecified atom stereocenters. The first-order valence-electron chi connectivity index (χ1n) is 10.2. The molecular formula is C25H16Cl4FNO5. The normalized spacial score (nSPS) is 17.0. The van der Waals surface area contributed by atoms with Gasteiger partial charge in [-0.05, 0) is 42.0 Å². The van der Waals surface area contributed by atoms with E-state index < -0.39 is 29.3 Å². The maximum Gasteiger partial charge on any atom is 0.300 e. The standard InChI is InChI=1S/C25H16Cl4FNO5/c1-35-23-14(10-17(28)24(36-2)19(23)29)21(32)18-20(11-3-5-12(30)6-4-11)31(25(34)22(18)33)13-7-8-15(26)16(27)9-13/h3-10,20,32H,1-2H3/b21-18+. The average Bonchev–Trinajstić information content (AvgIpc) is 3.11. The molecule has 1 aliphatic rings. The van der Waals surface area contributed by atoms with E-state index in [2.05, 4.69) is 0 Å². The molecule has 0 aliphatic carbocycles. The fraction of sp³-hybridized carbons (Fsp3) is 0.120. The van der Waals surface area contributed by atoms with Crippen LogP contribution in [0.4, 0.5) is 10.1 Å². The number of hydrogen-bond donors (Lipinski definition) is 1. The summed E-state index contributed by atoms with van der Waals surface area (Å²) in [6, 6.07) is 9.65. The summed E-state index contributed by atoms with van der Waals surface area (Å²) in [6.07, 6.45) is 0. The van der Waals surface area contributed by atoms with Crippen molar-refractivity contribution >= 4 is 69.5 Å². The van der Waals surface area contributed by atoms with Crippen molar-refractivity contribution in [2.45, 2.75) is 6.04 Å². The van der Waals surface area contributed by atoms with Gasteiger partial charge in [-0.15, -0.1) is 0 Å². The fourth-order valence-electron chi connectivity index (χ4n) is 3.99. The molecule has 186 valence electrons. The van der Waals surface area contributed by atoms with Crippen molar-refractivity contribution in [2.24, 2.45) is 0 Å². The molecule has 1 fully saturated rings. The fourth-order valence-corrected chi connectivity index (χ4v) is 4.97. The van der Waals surface area contributed by atoms with Crippen LogP contribution in [0, 0.1) is 5.82 Å². The van der Waals surface area contributed by atoms with E-state index in [9.17, 15) is 19.1 Å². The van der Waals surface area contributed by atoms with Crippen LogP contribution in [0.2, 0.25) is 20.1 Å². The molecule has 0 radical (unpaired) electrons. The van der Waals surface area contributed by atoms with Crippen LogP contribution in [0.5, 0.6) is 11.5 Å². The van der Waals surface area contributed by atoms with Gasteiger partial charge in [0.2, 0.25) is 0 Å². The Morgan fingerprint density at radius 3 is 2.11 bits per heavy atom. The highest BCUT2D eigenvalue weighted by molar-refractivity contribution is 6.52. The predicted octanol–water partition coefficient (Wildman–Crippen LogP) is 7.08. The van der Waals surface area contributed by atoms with Gasteiger partial charge in [0.25, 0.3) is 11.7 Å². The van der Waals surface area contributed by atoms with Gasteiger partial charge in [-0.2, -0.15) is 0 Å². The van der Waals surface area contributed by atoms with E-state index in [0.717, 1.165) is 4.90 Å². The third kappa shape index (κ3) is 4.37. The quantitative estimate of drug-likeness (QED) is 0.201. The number of halogens is 5. The van der Waals surface area contributed by atoms with Crippen LogP contribution < -0.4 is 14.4 Å². The van der Waals surface area contributed by atoms with Gasteiger partial charge in [-0.3, -0.25) is 14.5 Å². The molecule has 0 aromatic heterocycles. The maximum atomic E-state index is 13.7. The molecule has 3 aromatic carbocycles. The third-order valence-corrected chi connectivity index (χ3v) is 6.97. The summed E-state index contributed by atoms with van der Waals surface area (Å²) in [5.41, 5.74) is 0.228. The number of Topliss-reactive ketones (excluding diaryl/α,β-unsaturated/α-hetero) is 1. The topological polar surface area (TPSA) is 76.1 Å². The molecule has 1 atom stereocenters. The second-order valence-electron chi connectivity index (χ2n) is 7.61. The smallest absolute Gasteiger partial charge is 0.300 e.